The summed E-state index contributed by atoms with van der Waals surface area (Å²) in [5, 5.41) is 11.8. The number of amides is 1. The van der Waals surface area contributed by atoms with Crippen LogP contribution < -0.4 is 0 Å². The van der Waals surface area contributed by atoms with E-state index < -0.39 is 5.60 Å². The van der Waals surface area contributed by atoms with Gasteiger partial charge in [0.1, 0.15) is 5.60 Å². The number of aryl methyl sites for hydroxylation is 1. The minimum atomic E-state index is -0.526. The average molecular weight is 595 g/mol. The molecule has 228 valence electrons. The minimum absolute atomic E-state index is 0.0414. The van der Waals surface area contributed by atoms with E-state index >= 15 is 0 Å². The van der Waals surface area contributed by atoms with E-state index in [1.807, 2.05) is 69.0 Å². The quantitative estimate of drug-likeness (QED) is 0.162. The van der Waals surface area contributed by atoms with E-state index in [9.17, 15) is 19.5 Å². The number of benzene rings is 3. The van der Waals surface area contributed by atoms with Crippen LogP contribution in [0.3, 0.4) is 0 Å². The number of ether oxygens (including phenoxy) is 1. The summed E-state index contributed by atoms with van der Waals surface area (Å²) in [6, 6.07) is 20.3. The number of aromatic hydroxyl groups is 1. The Hall–Kier alpha value is -4.76. The van der Waals surface area contributed by atoms with Crippen molar-refractivity contribution in [2.75, 3.05) is 32.7 Å². The molecule has 1 amide bonds. The lowest BCUT2D eigenvalue weighted by Gasteiger charge is -2.34. The lowest BCUT2D eigenvalue weighted by molar-refractivity contribution is -0.156. The molecule has 0 unspecified atom stereocenters. The molecule has 1 fully saturated rings. The number of esters is 1. The third-order valence-electron chi connectivity index (χ3n) is 7.57. The molecule has 0 spiro atoms. The minimum Gasteiger partial charge on any atom is -0.494 e. The zero-order chi connectivity index (χ0) is 31.6. The first-order valence-corrected chi connectivity index (χ1v) is 14.7. The van der Waals surface area contributed by atoms with Crippen LogP contribution in [0.4, 0.5) is 5.69 Å². The fraction of sp³-hybridized carbons (Fsp3) is 0.314. The van der Waals surface area contributed by atoms with Crippen molar-refractivity contribution in [1.29, 1.82) is 0 Å². The maximum Gasteiger partial charge on any atom is 0.320 e. The van der Waals surface area contributed by atoms with Crippen LogP contribution in [0.1, 0.15) is 65.1 Å². The topological polar surface area (TPSA) is 115 Å². The number of aromatic nitrogens is 1. The van der Waals surface area contributed by atoms with Crippen molar-refractivity contribution in [2.45, 2.75) is 40.2 Å². The van der Waals surface area contributed by atoms with Crippen LogP contribution in [-0.4, -0.2) is 81.6 Å². The highest BCUT2D eigenvalue weighted by Crippen LogP contribution is 2.33. The van der Waals surface area contributed by atoms with E-state index in [1.54, 1.807) is 35.2 Å². The molecule has 1 aliphatic heterocycles. The third kappa shape index (κ3) is 6.89. The van der Waals surface area contributed by atoms with Gasteiger partial charge in [-0.2, -0.15) is 0 Å². The number of carbonyl (C=O) groups is 3. The van der Waals surface area contributed by atoms with Gasteiger partial charge in [0.25, 0.3) is 5.91 Å². The molecule has 0 bridgehead atoms. The third-order valence-corrected chi connectivity index (χ3v) is 7.57. The molecule has 1 aromatic heterocycles. The summed E-state index contributed by atoms with van der Waals surface area (Å²) in [5.74, 6) is -0.429. The van der Waals surface area contributed by atoms with Gasteiger partial charge in [-0.1, -0.05) is 30.3 Å². The van der Waals surface area contributed by atoms with E-state index in [0.717, 1.165) is 16.5 Å². The largest absolute Gasteiger partial charge is 0.494 e. The highest BCUT2D eigenvalue weighted by Gasteiger charge is 2.26. The van der Waals surface area contributed by atoms with Crippen molar-refractivity contribution in [3.8, 4) is 5.88 Å². The molecule has 1 saturated heterocycles. The number of piperazine rings is 1. The zero-order valence-electron chi connectivity index (χ0n) is 25.8. The fourth-order valence-electron chi connectivity index (χ4n) is 5.47. The van der Waals surface area contributed by atoms with Crippen molar-refractivity contribution in [2.24, 2.45) is 4.99 Å². The van der Waals surface area contributed by atoms with Crippen molar-refractivity contribution < 1.29 is 24.2 Å². The Morgan fingerprint density at radius 2 is 1.59 bits per heavy atom. The molecule has 9 heteroatoms. The van der Waals surface area contributed by atoms with Gasteiger partial charge in [-0.15, -0.1) is 0 Å². The van der Waals surface area contributed by atoms with Gasteiger partial charge in [0.2, 0.25) is 0 Å². The number of hydrogen-bond donors (Lipinski definition) is 2. The fourth-order valence-corrected chi connectivity index (χ4v) is 5.47. The number of carbonyl (C=O) groups excluding carboxylic acids is 3. The molecule has 2 N–H and O–H groups in total. The molecule has 0 saturated carbocycles. The van der Waals surface area contributed by atoms with Crippen LogP contribution in [0, 0.1) is 6.92 Å². The molecule has 5 rings (SSSR count). The van der Waals surface area contributed by atoms with Crippen molar-refractivity contribution in [3.63, 3.8) is 0 Å². The molecule has 0 aliphatic carbocycles. The molecule has 44 heavy (non-hydrogen) atoms. The van der Waals surface area contributed by atoms with E-state index in [4.69, 9.17) is 9.73 Å². The summed E-state index contributed by atoms with van der Waals surface area (Å²) < 4.78 is 5.42. The Balaban J connectivity index is 1.37. The predicted molar refractivity (Wildman–Crippen MR) is 171 cm³/mol. The molecule has 0 radical (unpaired) electrons. The van der Waals surface area contributed by atoms with Gasteiger partial charge < -0.3 is 19.7 Å². The number of Topliss-reactive ketones (excluding diaryl/α,β-unsaturated/α-hetero) is 1. The number of hydrogen-bond acceptors (Lipinski definition) is 7. The second-order valence-corrected chi connectivity index (χ2v) is 12.1. The number of aliphatic imine (C=N–C) groups is 1. The maximum absolute atomic E-state index is 13.3. The van der Waals surface area contributed by atoms with Crippen molar-refractivity contribution in [1.82, 2.24) is 14.8 Å². The molecular formula is C35H38N4O5. The predicted octanol–water partition coefficient (Wildman–Crippen LogP) is 5.65. The molecule has 3 aromatic carbocycles. The van der Waals surface area contributed by atoms with Gasteiger partial charge in [0.05, 0.1) is 23.5 Å². The Bertz CT molecular complexity index is 1730. The van der Waals surface area contributed by atoms with Gasteiger partial charge in [-0.25, -0.2) is 4.99 Å². The lowest BCUT2D eigenvalue weighted by Crippen LogP contribution is -2.50. The lowest BCUT2D eigenvalue weighted by atomic mass is 9.97. The normalized spacial score (nSPS) is 14.6. The second-order valence-electron chi connectivity index (χ2n) is 12.1. The van der Waals surface area contributed by atoms with Gasteiger partial charge in [0.15, 0.2) is 11.7 Å². The highest BCUT2D eigenvalue weighted by molar-refractivity contribution is 6.22. The van der Waals surface area contributed by atoms with E-state index in [2.05, 4.69) is 4.98 Å². The summed E-state index contributed by atoms with van der Waals surface area (Å²) in [7, 11) is 0. The maximum atomic E-state index is 13.3. The standard InChI is InChI=1S/C35H38N4O5/c1-22-19-28-29(20-27(22)23(2)40)37-33(42)31(28)32(24-9-7-6-8-10-24)36-26-13-11-25(12-14-26)34(43)39-17-15-38(16-18-39)21-30(41)44-35(3,4)5/h6-14,19-20,37,42H,15-18,21H2,1-5H3. The first-order valence-electron chi connectivity index (χ1n) is 14.7. The summed E-state index contributed by atoms with van der Waals surface area (Å²) in [5.41, 5.74) is 4.59. The Morgan fingerprint density at radius 3 is 2.20 bits per heavy atom. The average Bonchev–Trinajstić information content (AvgIpc) is 3.29. The Kier molecular flexibility index (Phi) is 8.69. The number of fused-ring (bicyclic) bond motifs is 1. The van der Waals surface area contributed by atoms with E-state index in [-0.39, 0.29) is 30.1 Å². The SMILES string of the molecule is CC(=O)c1cc2[nH]c(O)c(C(=Nc3ccc(C(=O)N4CCN(CC(=O)OC(C)(C)C)CC4)cc3)c3ccccc3)c2cc1C. The number of nitrogens with one attached hydrogen (secondary N) is 1. The number of ketones is 1. The number of nitrogens with zero attached hydrogens (tertiary/aromatic N) is 3. The number of H-pyrrole nitrogens is 1. The summed E-state index contributed by atoms with van der Waals surface area (Å²) >= 11 is 0. The molecule has 1 aliphatic rings. The van der Waals surface area contributed by atoms with Crippen molar-refractivity contribution >= 4 is 40.0 Å². The number of aromatic amines is 1. The van der Waals surface area contributed by atoms with Crippen LogP contribution >= 0.6 is 0 Å². The van der Waals surface area contributed by atoms with Crippen LogP contribution in [0.25, 0.3) is 10.9 Å². The summed E-state index contributed by atoms with van der Waals surface area (Å²) in [6.45, 7) is 11.4. The molecule has 2 heterocycles. The summed E-state index contributed by atoms with van der Waals surface area (Å²) in [4.78, 5) is 49.3. The van der Waals surface area contributed by atoms with Gasteiger partial charge in [0, 0.05) is 53.8 Å². The first-order chi connectivity index (χ1) is 20.9. The molecule has 9 nitrogen and oxygen atoms in total. The van der Waals surface area contributed by atoms with Crippen LogP contribution in [0.15, 0.2) is 71.7 Å². The highest BCUT2D eigenvalue weighted by atomic mass is 16.6. The molecule has 0 atom stereocenters. The smallest absolute Gasteiger partial charge is 0.320 e. The number of rotatable bonds is 7. The first kappa shape index (κ1) is 30.7. The van der Waals surface area contributed by atoms with Crippen LogP contribution in [0.2, 0.25) is 0 Å². The van der Waals surface area contributed by atoms with E-state index in [1.165, 1.54) is 6.92 Å². The second kappa shape index (κ2) is 12.5. The van der Waals surface area contributed by atoms with Crippen molar-refractivity contribution in [3.05, 3.63) is 94.5 Å². The van der Waals surface area contributed by atoms with Crippen LogP contribution in [-0.2, 0) is 9.53 Å². The zero-order valence-corrected chi connectivity index (χ0v) is 25.8. The van der Waals surface area contributed by atoms with Gasteiger partial charge in [-0.05, 0) is 76.6 Å². The Labute approximate surface area is 257 Å². The van der Waals surface area contributed by atoms with Gasteiger partial charge >= 0.3 is 5.97 Å². The molecular weight excluding hydrogens is 556 g/mol. The monoisotopic (exact) mass is 594 g/mol. The van der Waals surface area contributed by atoms with Gasteiger partial charge in [-0.3, -0.25) is 19.3 Å². The van der Waals surface area contributed by atoms with E-state index in [0.29, 0.717) is 59.8 Å². The Morgan fingerprint density at radius 1 is 0.932 bits per heavy atom. The molecule has 4 aromatic rings. The summed E-state index contributed by atoms with van der Waals surface area (Å²) in [6.07, 6.45) is 0. The van der Waals surface area contributed by atoms with Crippen LogP contribution in [0.5, 0.6) is 5.88 Å².